The van der Waals surface area contributed by atoms with Gasteiger partial charge in [0.05, 0.1) is 12.4 Å². The maximum atomic E-state index is 4.68. The van der Waals surface area contributed by atoms with E-state index in [0.717, 1.165) is 6.54 Å². The van der Waals surface area contributed by atoms with Crippen molar-refractivity contribution < 1.29 is 0 Å². The Kier molecular flexibility index (Phi) is 15.2. The average molecular weight is 351 g/mol. The van der Waals surface area contributed by atoms with Crippen molar-refractivity contribution in [3.63, 3.8) is 0 Å². The van der Waals surface area contributed by atoms with Gasteiger partial charge in [0.2, 0.25) is 0 Å². The third-order valence-corrected chi connectivity index (χ3v) is 5.53. The Morgan fingerprint density at radius 2 is 1.12 bits per heavy atom. The van der Waals surface area contributed by atoms with Crippen LogP contribution in [0.4, 0.5) is 0 Å². The van der Waals surface area contributed by atoms with E-state index in [1.54, 1.807) is 0 Å². The Labute approximate surface area is 158 Å². The minimum atomic E-state index is 1.04. The van der Waals surface area contributed by atoms with Gasteiger partial charge >= 0.3 is 0 Å². The summed E-state index contributed by atoms with van der Waals surface area (Å²) in [5, 5.41) is 0. The fraction of sp³-hybridized carbons (Fsp3) is 0.957. The molecule has 0 aromatic heterocycles. The van der Waals surface area contributed by atoms with E-state index >= 15 is 0 Å². The summed E-state index contributed by atoms with van der Waals surface area (Å²) in [4.78, 5) is 7.19. The van der Waals surface area contributed by atoms with Crippen LogP contribution >= 0.6 is 0 Å². The van der Waals surface area contributed by atoms with Crippen LogP contribution in [0.1, 0.15) is 123 Å². The standard InChI is InChI=1S/C23H46N2/c1-3-5-6-7-8-9-10-11-12-13-14-15-16-17-18-19-23-24-20-22-25(23)21-4-2/h3-22H2,1-2H3. The SMILES string of the molecule is CCCCCCCCCCCCCCCCCC1=NCCN1CCC. The summed E-state index contributed by atoms with van der Waals surface area (Å²) in [6.07, 6.45) is 24.1. The van der Waals surface area contributed by atoms with Crippen molar-refractivity contribution in [2.75, 3.05) is 19.6 Å². The minimum absolute atomic E-state index is 1.04. The summed E-state index contributed by atoms with van der Waals surface area (Å²) < 4.78 is 0. The number of nitrogens with zero attached hydrogens (tertiary/aromatic N) is 2. The van der Waals surface area contributed by atoms with Crippen LogP contribution in [0.15, 0.2) is 4.99 Å². The Morgan fingerprint density at radius 3 is 1.60 bits per heavy atom. The Balaban J connectivity index is 1.76. The molecule has 0 aromatic carbocycles. The molecule has 2 heteroatoms. The summed E-state index contributed by atoms with van der Waals surface area (Å²) in [5.74, 6) is 1.40. The molecule has 0 saturated heterocycles. The fourth-order valence-corrected chi connectivity index (χ4v) is 3.93. The molecular weight excluding hydrogens is 304 g/mol. The van der Waals surface area contributed by atoms with Gasteiger partial charge in [-0.25, -0.2) is 0 Å². The third-order valence-electron chi connectivity index (χ3n) is 5.53. The van der Waals surface area contributed by atoms with Crippen molar-refractivity contribution in [3.05, 3.63) is 0 Å². The van der Waals surface area contributed by atoms with Gasteiger partial charge < -0.3 is 4.90 Å². The Morgan fingerprint density at radius 1 is 0.640 bits per heavy atom. The van der Waals surface area contributed by atoms with Gasteiger partial charge in [-0.1, -0.05) is 104 Å². The van der Waals surface area contributed by atoms with Crippen molar-refractivity contribution in [2.24, 2.45) is 4.99 Å². The highest BCUT2D eigenvalue weighted by molar-refractivity contribution is 5.83. The van der Waals surface area contributed by atoms with Crippen LogP contribution in [0.5, 0.6) is 0 Å². The van der Waals surface area contributed by atoms with Gasteiger partial charge in [0.25, 0.3) is 0 Å². The van der Waals surface area contributed by atoms with Crippen molar-refractivity contribution in [1.29, 1.82) is 0 Å². The maximum absolute atomic E-state index is 4.68. The van der Waals surface area contributed by atoms with E-state index in [0.29, 0.717) is 0 Å². The van der Waals surface area contributed by atoms with E-state index in [-0.39, 0.29) is 0 Å². The first-order valence-corrected chi connectivity index (χ1v) is 11.7. The molecule has 1 aliphatic rings. The zero-order chi connectivity index (χ0) is 18.0. The highest BCUT2D eigenvalue weighted by atomic mass is 15.2. The van der Waals surface area contributed by atoms with Crippen LogP contribution in [-0.2, 0) is 0 Å². The van der Waals surface area contributed by atoms with Gasteiger partial charge in [0.15, 0.2) is 0 Å². The number of hydrogen-bond acceptors (Lipinski definition) is 2. The zero-order valence-corrected chi connectivity index (χ0v) is 17.5. The van der Waals surface area contributed by atoms with Gasteiger partial charge in [-0.3, -0.25) is 4.99 Å². The third kappa shape index (κ3) is 12.5. The molecule has 0 spiro atoms. The van der Waals surface area contributed by atoms with E-state index in [4.69, 9.17) is 0 Å². The predicted molar refractivity (Wildman–Crippen MR) is 114 cm³/mol. The lowest BCUT2D eigenvalue weighted by Crippen LogP contribution is -2.28. The topological polar surface area (TPSA) is 15.6 Å². The van der Waals surface area contributed by atoms with Crippen LogP contribution in [0.2, 0.25) is 0 Å². The highest BCUT2D eigenvalue weighted by Gasteiger charge is 2.14. The predicted octanol–water partition coefficient (Wildman–Crippen LogP) is 7.37. The zero-order valence-electron chi connectivity index (χ0n) is 17.5. The normalized spacial score (nSPS) is 14.3. The smallest absolute Gasteiger partial charge is 0.0990 e. The highest BCUT2D eigenvalue weighted by Crippen LogP contribution is 2.15. The number of hydrogen-bond donors (Lipinski definition) is 0. The van der Waals surface area contributed by atoms with E-state index in [2.05, 4.69) is 23.7 Å². The lowest BCUT2D eigenvalue weighted by Gasteiger charge is -2.19. The Bertz CT molecular complexity index is 311. The maximum Gasteiger partial charge on any atom is 0.0990 e. The van der Waals surface area contributed by atoms with E-state index < -0.39 is 0 Å². The quantitative estimate of drug-likeness (QED) is 0.236. The second-order valence-electron chi connectivity index (χ2n) is 7.98. The molecule has 0 fully saturated rings. The molecule has 0 saturated carbocycles. The van der Waals surface area contributed by atoms with E-state index in [1.165, 1.54) is 128 Å². The van der Waals surface area contributed by atoms with Gasteiger partial charge in [0.1, 0.15) is 0 Å². The van der Waals surface area contributed by atoms with Crippen molar-refractivity contribution in [1.82, 2.24) is 4.90 Å². The molecule has 1 aliphatic heterocycles. The molecule has 0 radical (unpaired) electrons. The number of rotatable bonds is 18. The molecule has 1 heterocycles. The summed E-state index contributed by atoms with van der Waals surface area (Å²) >= 11 is 0. The Hall–Kier alpha value is -0.530. The number of unbranched alkanes of at least 4 members (excludes halogenated alkanes) is 14. The molecule has 0 atom stereocenters. The first kappa shape index (κ1) is 22.5. The van der Waals surface area contributed by atoms with E-state index in [1.807, 2.05) is 0 Å². The molecular formula is C23H46N2. The van der Waals surface area contributed by atoms with Crippen molar-refractivity contribution in [2.45, 2.75) is 123 Å². The number of aliphatic imine (C=N–C) groups is 1. The van der Waals surface area contributed by atoms with Crippen LogP contribution < -0.4 is 0 Å². The molecule has 0 N–H and O–H groups in total. The molecule has 148 valence electrons. The van der Waals surface area contributed by atoms with Crippen LogP contribution in [0.25, 0.3) is 0 Å². The molecule has 0 amide bonds. The van der Waals surface area contributed by atoms with E-state index in [9.17, 15) is 0 Å². The van der Waals surface area contributed by atoms with Gasteiger partial charge in [-0.05, 0) is 12.8 Å². The van der Waals surface area contributed by atoms with Gasteiger partial charge in [0, 0.05) is 19.5 Å². The lowest BCUT2D eigenvalue weighted by atomic mass is 10.0. The summed E-state index contributed by atoms with van der Waals surface area (Å²) in [6.45, 7) is 7.97. The van der Waals surface area contributed by atoms with Crippen LogP contribution in [-0.4, -0.2) is 30.4 Å². The van der Waals surface area contributed by atoms with Gasteiger partial charge in [-0.15, -0.1) is 0 Å². The first-order chi connectivity index (χ1) is 12.4. The molecule has 0 aromatic rings. The molecule has 2 nitrogen and oxygen atoms in total. The monoisotopic (exact) mass is 350 g/mol. The van der Waals surface area contributed by atoms with Gasteiger partial charge in [-0.2, -0.15) is 0 Å². The molecule has 1 rings (SSSR count). The largest absolute Gasteiger partial charge is 0.359 e. The number of amidine groups is 1. The molecule has 0 bridgehead atoms. The van der Waals surface area contributed by atoms with Crippen LogP contribution in [0, 0.1) is 0 Å². The lowest BCUT2D eigenvalue weighted by molar-refractivity contribution is 0.444. The molecule has 25 heavy (non-hydrogen) atoms. The summed E-state index contributed by atoms with van der Waals surface area (Å²) in [6, 6.07) is 0. The minimum Gasteiger partial charge on any atom is -0.359 e. The second kappa shape index (κ2) is 16.9. The molecule has 0 unspecified atom stereocenters. The summed E-state index contributed by atoms with van der Waals surface area (Å²) in [7, 11) is 0. The molecule has 0 aliphatic carbocycles. The first-order valence-electron chi connectivity index (χ1n) is 11.7. The average Bonchev–Trinajstić information content (AvgIpc) is 3.06. The summed E-state index contributed by atoms with van der Waals surface area (Å²) in [5.41, 5.74) is 0. The van der Waals surface area contributed by atoms with Crippen LogP contribution in [0.3, 0.4) is 0 Å². The fourth-order valence-electron chi connectivity index (χ4n) is 3.93. The van der Waals surface area contributed by atoms with Crippen molar-refractivity contribution >= 4 is 5.84 Å². The van der Waals surface area contributed by atoms with Crippen molar-refractivity contribution in [3.8, 4) is 0 Å². The second-order valence-corrected chi connectivity index (χ2v) is 7.98.